The zero-order valence-electron chi connectivity index (χ0n) is 10.1. The van der Waals surface area contributed by atoms with Gasteiger partial charge in [0.2, 0.25) is 5.95 Å². The van der Waals surface area contributed by atoms with Crippen LogP contribution in [0.5, 0.6) is 0 Å². The number of anilines is 1. The van der Waals surface area contributed by atoms with Crippen LogP contribution in [-0.4, -0.2) is 46.9 Å². The van der Waals surface area contributed by atoms with Crippen LogP contribution in [0.25, 0.3) is 0 Å². The van der Waals surface area contributed by atoms with E-state index in [0.717, 1.165) is 4.31 Å². The Hall–Kier alpha value is -1.74. The van der Waals surface area contributed by atoms with Gasteiger partial charge in [-0.1, -0.05) is 0 Å². The molecule has 0 radical (unpaired) electrons. The smallest absolute Gasteiger partial charge is 0.307 e. The van der Waals surface area contributed by atoms with Gasteiger partial charge in [-0.3, -0.25) is 4.79 Å². The number of piperidine rings is 1. The quantitative estimate of drug-likeness (QED) is 0.801. The zero-order chi connectivity index (χ0) is 13.9. The van der Waals surface area contributed by atoms with Crippen molar-refractivity contribution in [2.75, 3.05) is 17.8 Å². The fourth-order valence-corrected chi connectivity index (χ4v) is 3.10. The molecule has 1 fully saturated rings. The zero-order valence-corrected chi connectivity index (χ0v) is 10.9. The molecule has 0 spiro atoms. The number of carbonyl (C=O) groups is 1. The van der Waals surface area contributed by atoms with Gasteiger partial charge in [0.1, 0.15) is 0 Å². The second kappa shape index (κ2) is 5.49. The lowest BCUT2D eigenvalue weighted by Gasteiger charge is -2.29. The number of aromatic nitrogens is 2. The summed E-state index contributed by atoms with van der Waals surface area (Å²) >= 11 is 0. The van der Waals surface area contributed by atoms with Gasteiger partial charge in [0, 0.05) is 25.5 Å². The average Bonchev–Trinajstić information content (AvgIpc) is 2.39. The summed E-state index contributed by atoms with van der Waals surface area (Å²) < 4.78 is 27.5. The van der Waals surface area contributed by atoms with Crippen molar-refractivity contribution in [3.05, 3.63) is 18.5 Å². The number of aliphatic carboxylic acids is 1. The van der Waals surface area contributed by atoms with Crippen LogP contribution in [-0.2, 0) is 15.0 Å². The number of carboxylic acid groups (broad SMARTS) is 1. The van der Waals surface area contributed by atoms with E-state index in [2.05, 4.69) is 14.7 Å². The molecule has 1 aromatic rings. The average molecular weight is 286 g/mol. The molecule has 1 unspecified atom stereocenters. The molecule has 2 heterocycles. The normalized spacial score (nSPS) is 20.9. The van der Waals surface area contributed by atoms with Crippen LogP contribution >= 0.6 is 0 Å². The van der Waals surface area contributed by atoms with Crippen LogP contribution in [0.2, 0.25) is 0 Å². The van der Waals surface area contributed by atoms with E-state index < -0.39 is 22.1 Å². The molecule has 9 heteroatoms. The van der Waals surface area contributed by atoms with E-state index in [4.69, 9.17) is 5.11 Å². The summed E-state index contributed by atoms with van der Waals surface area (Å²) in [5.74, 6) is -1.67. The summed E-state index contributed by atoms with van der Waals surface area (Å²) in [5, 5.41) is 8.94. The molecule has 2 rings (SSSR count). The highest BCUT2D eigenvalue weighted by molar-refractivity contribution is 7.90. The summed E-state index contributed by atoms with van der Waals surface area (Å²) in [6.07, 6.45) is 3.85. The Balaban J connectivity index is 2.09. The molecule has 2 N–H and O–H groups in total. The molecule has 0 bridgehead atoms. The van der Waals surface area contributed by atoms with Crippen molar-refractivity contribution < 1.29 is 18.3 Å². The molecule has 0 aromatic carbocycles. The number of hydrogen-bond donors (Lipinski definition) is 2. The molecule has 104 valence electrons. The largest absolute Gasteiger partial charge is 0.481 e. The predicted molar refractivity (Wildman–Crippen MR) is 66.5 cm³/mol. The second-order valence-corrected chi connectivity index (χ2v) is 5.89. The van der Waals surface area contributed by atoms with Gasteiger partial charge in [-0.15, -0.1) is 0 Å². The van der Waals surface area contributed by atoms with Gasteiger partial charge < -0.3 is 5.11 Å². The third kappa shape index (κ3) is 3.38. The SMILES string of the molecule is O=C(O)C1CCCN(S(=O)(=O)Nc2ncccn2)C1. The highest BCUT2D eigenvalue weighted by Gasteiger charge is 2.32. The minimum Gasteiger partial charge on any atom is -0.481 e. The fourth-order valence-electron chi connectivity index (χ4n) is 1.89. The molecule has 0 saturated carbocycles. The Morgan fingerprint density at radius 3 is 2.74 bits per heavy atom. The first-order chi connectivity index (χ1) is 8.99. The Morgan fingerprint density at radius 1 is 1.42 bits per heavy atom. The lowest BCUT2D eigenvalue weighted by Crippen LogP contribution is -2.44. The maximum Gasteiger partial charge on any atom is 0.307 e. The van der Waals surface area contributed by atoms with Gasteiger partial charge in [-0.05, 0) is 18.9 Å². The first-order valence-electron chi connectivity index (χ1n) is 5.77. The van der Waals surface area contributed by atoms with Crippen LogP contribution in [0.3, 0.4) is 0 Å². The summed E-state index contributed by atoms with van der Waals surface area (Å²) in [6, 6.07) is 1.57. The molecule has 1 aliphatic rings. The monoisotopic (exact) mass is 286 g/mol. The van der Waals surface area contributed by atoms with Gasteiger partial charge in [0.15, 0.2) is 0 Å². The van der Waals surface area contributed by atoms with Crippen molar-refractivity contribution in [2.45, 2.75) is 12.8 Å². The number of nitrogens with zero attached hydrogens (tertiary/aromatic N) is 3. The molecule has 1 atom stereocenters. The van der Waals surface area contributed by atoms with Crippen LogP contribution in [0.15, 0.2) is 18.5 Å². The van der Waals surface area contributed by atoms with Gasteiger partial charge in [-0.2, -0.15) is 12.7 Å². The van der Waals surface area contributed by atoms with Crippen molar-refractivity contribution in [2.24, 2.45) is 5.92 Å². The lowest BCUT2D eigenvalue weighted by molar-refractivity contribution is -0.142. The number of carboxylic acids is 1. The van der Waals surface area contributed by atoms with E-state index in [1.54, 1.807) is 6.07 Å². The Bertz CT molecular complexity index is 548. The number of nitrogens with one attached hydrogen (secondary N) is 1. The number of rotatable bonds is 4. The number of hydrogen-bond acceptors (Lipinski definition) is 5. The third-order valence-electron chi connectivity index (χ3n) is 2.86. The Labute approximate surface area is 110 Å². The molecule has 8 nitrogen and oxygen atoms in total. The van der Waals surface area contributed by atoms with E-state index in [1.165, 1.54) is 12.4 Å². The van der Waals surface area contributed by atoms with Crippen molar-refractivity contribution >= 4 is 22.1 Å². The molecule has 0 amide bonds. The highest BCUT2D eigenvalue weighted by atomic mass is 32.2. The standard InChI is InChI=1S/C10H14N4O4S/c15-9(16)8-3-1-6-14(7-8)19(17,18)13-10-11-4-2-5-12-10/h2,4-5,8H,1,3,6-7H2,(H,15,16)(H,11,12,13). The first-order valence-corrected chi connectivity index (χ1v) is 7.21. The summed E-state index contributed by atoms with van der Waals surface area (Å²) in [7, 11) is -3.81. The maximum absolute atomic E-state index is 12.1. The summed E-state index contributed by atoms with van der Waals surface area (Å²) in [4.78, 5) is 18.5. The summed E-state index contributed by atoms with van der Waals surface area (Å²) in [6.45, 7) is 0.267. The minimum absolute atomic E-state index is 0.0278. The Morgan fingerprint density at radius 2 is 2.11 bits per heavy atom. The van der Waals surface area contributed by atoms with E-state index in [9.17, 15) is 13.2 Å². The van der Waals surface area contributed by atoms with Crippen LogP contribution in [0.4, 0.5) is 5.95 Å². The van der Waals surface area contributed by atoms with Gasteiger partial charge in [0.05, 0.1) is 5.92 Å². The third-order valence-corrected chi connectivity index (χ3v) is 4.31. The molecular weight excluding hydrogens is 272 g/mol. The molecule has 1 saturated heterocycles. The van der Waals surface area contributed by atoms with Gasteiger partial charge in [0.25, 0.3) is 0 Å². The van der Waals surface area contributed by atoms with Crippen LogP contribution in [0, 0.1) is 5.92 Å². The minimum atomic E-state index is -3.81. The van der Waals surface area contributed by atoms with E-state index in [0.29, 0.717) is 19.4 Å². The second-order valence-electron chi connectivity index (χ2n) is 4.21. The Kier molecular flexibility index (Phi) is 3.96. The maximum atomic E-state index is 12.1. The highest BCUT2D eigenvalue weighted by Crippen LogP contribution is 2.19. The first kappa shape index (κ1) is 13.7. The van der Waals surface area contributed by atoms with Gasteiger partial charge in [-0.25, -0.2) is 14.7 Å². The topological polar surface area (TPSA) is 112 Å². The van der Waals surface area contributed by atoms with E-state index in [1.807, 2.05) is 0 Å². The molecule has 1 aromatic heterocycles. The van der Waals surface area contributed by atoms with Crippen LogP contribution in [0.1, 0.15) is 12.8 Å². The van der Waals surface area contributed by atoms with Crippen LogP contribution < -0.4 is 4.72 Å². The predicted octanol–water partition coefficient (Wildman–Crippen LogP) is -0.0701. The lowest BCUT2D eigenvalue weighted by atomic mass is 10.0. The molecular formula is C10H14N4O4S. The molecule has 19 heavy (non-hydrogen) atoms. The van der Waals surface area contributed by atoms with Crippen molar-refractivity contribution in [3.8, 4) is 0 Å². The van der Waals surface area contributed by atoms with Crippen molar-refractivity contribution in [3.63, 3.8) is 0 Å². The fraction of sp³-hybridized carbons (Fsp3) is 0.500. The van der Waals surface area contributed by atoms with E-state index >= 15 is 0 Å². The molecule has 0 aliphatic carbocycles. The van der Waals surface area contributed by atoms with Gasteiger partial charge >= 0.3 is 16.2 Å². The van der Waals surface area contributed by atoms with Crippen molar-refractivity contribution in [1.82, 2.24) is 14.3 Å². The van der Waals surface area contributed by atoms with E-state index in [-0.39, 0.29) is 12.5 Å². The molecule has 1 aliphatic heterocycles. The summed E-state index contributed by atoms with van der Waals surface area (Å²) in [5.41, 5.74) is 0. The van der Waals surface area contributed by atoms with Crippen molar-refractivity contribution in [1.29, 1.82) is 0 Å².